The molecule has 3 rings (SSSR count). The molecule has 0 saturated carbocycles. The van der Waals surface area contributed by atoms with Gasteiger partial charge in [0, 0.05) is 24.0 Å². The molecule has 0 fully saturated rings. The number of urea groups is 1. The third-order valence-electron chi connectivity index (χ3n) is 3.83. The lowest BCUT2D eigenvalue weighted by atomic mass is 9.96. The van der Waals surface area contributed by atoms with Crippen LogP contribution in [0, 0.1) is 0 Å². The van der Waals surface area contributed by atoms with E-state index < -0.39 is 0 Å². The molecular weight excluding hydrogens is 300 g/mol. The first kappa shape index (κ1) is 15.8. The topological polar surface area (TPSA) is 69.8 Å². The number of aromatic nitrogens is 2. The molecule has 0 unspecified atom stereocenters. The summed E-state index contributed by atoms with van der Waals surface area (Å²) in [4.78, 5) is 19.1. The average molecular weight is 320 g/mol. The molecule has 0 aliphatic carbocycles. The van der Waals surface area contributed by atoms with Crippen molar-refractivity contribution in [2.75, 3.05) is 11.9 Å². The number of anilines is 1. The molecule has 3 N–H and O–H groups in total. The highest BCUT2D eigenvalue weighted by molar-refractivity contribution is 6.00. The summed E-state index contributed by atoms with van der Waals surface area (Å²) in [6, 6.07) is 11.9. The number of benzene rings is 2. The van der Waals surface area contributed by atoms with Crippen molar-refractivity contribution in [1.82, 2.24) is 15.3 Å². The molecule has 122 valence electrons. The van der Waals surface area contributed by atoms with Gasteiger partial charge in [-0.15, -0.1) is 0 Å². The number of allylic oxidation sites excluding steroid dienone is 1. The Morgan fingerprint density at radius 1 is 1.29 bits per heavy atom. The largest absolute Gasteiger partial charge is 0.351 e. The summed E-state index contributed by atoms with van der Waals surface area (Å²) in [5, 5.41) is 7.79. The van der Waals surface area contributed by atoms with Crippen LogP contribution in [-0.2, 0) is 0 Å². The molecule has 1 heterocycles. The fourth-order valence-electron chi connectivity index (χ4n) is 2.77. The second-order valence-corrected chi connectivity index (χ2v) is 5.38. The van der Waals surface area contributed by atoms with Crippen molar-refractivity contribution in [3.63, 3.8) is 0 Å². The molecule has 0 bridgehead atoms. The molecule has 5 nitrogen and oxygen atoms in total. The smallest absolute Gasteiger partial charge is 0.319 e. The molecule has 0 spiro atoms. The van der Waals surface area contributed by atoms with Crippen LogP contribution in [0.15, 0.2) is 55.0 Å². The van der Waals surface area contributed by atoms with Crippen molar-refractivity contribution in [2.24, 2.45) is 0 Å². The highest BCUT2D eigenvalue weighted by Crippen LogP contribution is 2.30. The Bertz CT molecular complexity index is 882. The lowest BCUT2D eigenvalue weighted by Crippen LogP contribution is -2.28. The fourth-order valence-corrected chi connectivity index (χ4v) is 2.77. The normalized spacial score (nSPS) is 11.5. The number of carbonyl (C=O) groups excluding carboxylic acids is 1. The Morgan fingerprint density at radius 3 is 2.88 bits per heavy atom. The van der Waals surface area contributed by atoms with E-state index in [0.29, 0.717) is 6.54 Å². The minimum atomic E-state index is -0.201. The van der Waals surface area contributed by atoms with Gasteiger partial charge in [-0.2, -0.15) is 0 Å². The number of nitrogens with one attached hydrogen (secondary N) is 3. The molecule has 0 aliphatic heterocycles. The predicted octanol–water partition coefficient (Wildman–Crippen LogP) is 4.16. The number of carbonyl (C=O) groups is 1. The highest BCUT2D eigenvalue weighted by atomic mass is 16.2. The van der Waals surface area contributed by atoms with Crippen LogP contribution in [0.4, 0.5) is 10.5 Å². The van der Waals surface area contributed by atoms with Gasteiger partial charge in [-0.25, -0.2) is 9.78 Å². The van der Waals surface area contributed by atoms with E-state index in [1.807, 2.05) is 44.3 Å². The molecule has 0 aliphatic rings. The lowest BCUT2D eigenvalue weighted by molar-refractivity contribution is 0.252. The zero-order valence-corrected chi connectivity index (χ0v) is 13.8. The Kier molecular flexibility index (Phi) is 4.61. The van der Waals surface area contributed by atoms with Crippen LogP contribution in [-0.4, -0.2) is 22.5 Å². The van der Waals surface area contributed by atoms with Gasteiger partial charge in [-0.05, 0) is 42.3 Å². The van der Waals surface area contributed by atoms with Crippen LogP contribution in [0.2, 0.25) is 0 Å². The number of hydrogen-bond acceptors (Lipinski definition) is 2. The maximum absolute atomic E-state index is 11.8. The van der Waals surface area contributed by atoms with Crippen LogP contribution in [0.25, 0.3) is 16.3 Å². The van der Waals surface area contributed by atoms with Crippen LogP contribution in [0.3, 0.4) is 0 Å². The van der Waals surface area contributed by atoms with Gasteiger partial charge in [0.2, 0.25) is 0 Å². The summed E-state index contributed by atoms with van der Waals surface area (Å²) in [7, 11) is 0. The third-order valence-corrected chi connectivity index (χ3v) is 3.83. The highest BCUT2D eigenvalue weighted by Gasteiger charge is 2.11. The van der Waals surface area contributed by atoms with Crippen molar-refractivity contribution in [3.8, 4) is 0 Å². The predicted molar refractivity (Wildman–Crippen MR) is 98.0 cm³/mol. The number of rotatable bonds is 4. The van der Waals surface area contributed by atoms with E-state index in [9.17, 15) is 4.79 Å². The Labute approximate surface area is 140 Å². The minimum Gasteiger partial charge on any atom is -0.351 e. The van der Waals surface area contributed by atoms with Crippen LogP contribution >= 0.6 is 0 Å². The lowest BCUT2D eigenvalue weighted by Gasteiger charge is -2.12. The molecule has 5 heteroatoms. The van der Waals surface area contributed by atoms with Gasteiger partial charge in [0.25, 0.3) is 0 Å². The van der Waals surface area contributed by atoms with Crippen molar-refractivity contribution < 1.29 is 4.79 Å². The summed E-state index contributed by atoms with van der Waals surface area (Å²) in [5.74, 6) is 0. The minimum absolute atomic E-state index is 0.201. The van der Waals surface area contributed by atoms with Crippen molar-refractivity contribution in [3.05, 3.63) is 66.3 Å². The molecule has 2 aromatic carbocycles. The molecule has 2 amide bonds. The summed E-state index contributed by atoms with van der Waals surface area (Å²) in [5.41, 5.74) is 3.80. The SMILES string of the molecule is C/C=C(\c1c[nH]cn1)c1cccc2ccc(NC(=O)NCC)cc12. The zero-order valence-electron chi connectivity index (χ0n) is 13.8. The van der Waals surface area contributed by atoms with E-state index >= 15 is 0 Å². The van der Waals surface area contributed by atoms with Crippen LogP contribution in [0.5, 0.6) is 0 Å². The molecule has 1 aromatic heterocycles. The number of nitrogens with zero attached hydrogens (tertiary/aromatic N) is 1. The van der Waals surface area contributed by atoms with Crippen molar-refractivity contribution in [2.45, 2.75) is 13.8 Å². The van der Waals surface area contributed by atoms with Gasteiger partial charge in [-0.3, -0.25) is 0 Å². The second-order valence-electron chi connectivity index (χ2n) is 5.38. The first-order valence-electron chi connectivity index (χ1n) is 7.96. The van der Waals surface area contributed by atoms with E-state index in [4.69, 9.17) is 0 Å². The van der Waals surface area contributed by atoms with E-state index in [1.165, 1.54) is 0 Å². The molecule has 24 heavy (non-hydrogen) atoms. The number of hydrogen-bond donors (Lipinski definition) is 3. The molecule has 0 saturated heterocycles. The van der Waals surface area contributed by atoms with Gasteiger partial charge in [0.1, 0.15) is 0 Å². The quantitative estimate of drug-likeness (QED) is 0.675. The van der Waals surface area contributed by atoms with E-state index in [1.54, 1.807) is 6.33 Å². The zero-order chi connectivity index (χ0) is 16.9. The van der Waals surface area contributed by atoms with E-state index in [0.717, 1.165) is 33.3 Å². The Hall–Kier alpha value is -3.08. The third kappa shape index (κ3) is 3.15. The maximum atomic E-state index is 11.8. The monoisotopic (exact) mass is 320 g/mol. The second kappa shape index (κ2) is 7.00. The van der Waals surface area contributed by atoms with Crippen LogP contribution in [0.1, 0.15) is 25.1 Å². The fraction of sp³-hybridized carbons (Fsp3) is 0.158. The molecule has 0 atom stereocenters. The number of H-pyrrole nitrogens is 1. The van der Waals surface area contributed by atoms with Crippen molar-refractivity contribution >= 4 is 28.1 Å². The van der Waals surface area contributed by atoms with Gasteiger partial charge in [0.05, 0.1) is 12.0 Å². The summed E-state index contributed by atoms with van der Waals surface area (Å²) >= 11 is 0. The molecule has 3 aromatic rings. The van der Waals surface area contributed by atoms with E-state index in [2.05, 4.69) is 38.8 Å². The number of amides is 2. The first-order chi connectivity index (χ1) is 11.7. The van der Waals surface area contributed by atoms with Crippen LogP contribution < -0.4 is 10.6 Å². The summed E-state index contributed by atoms with van der Waals surface area (Å²) < 4.78 is 0. The van der Waals surface area contributed by atoms with Gasteiger partial charge >= 0.3 is 6.03 Å². The maximum Gasteiger partial charge on any atom is 0.319 e. The Morgan fingerprint density at radius 2 is 2.17 bits per heavy atom. The van der Waals surface area contributed by atoms with Gasteiger partial charge < -0.3 is 15.6 Å². The first-order valence-corrected chi connectivity index (χ1v) is 7.96. The summed E-state index contributed by atoms with van der Waals surface area (Å²) in [6.45, 7) is 4.48. The number of imidazole rings is 1. The summed E-state index contributed by atoms with van der Waals surface area (Å²) in [6.07, 6.45) is 5.60. The van der Waals surface area contributed by atoms with Gasteiger partial charge in [-0.1, -0.05) is 30.3 Å². The average Bonchev–Trinajstić information content (AvgIpc) is 3.10. The molecule has 0 radical (unpaired) electrons. The van der Waals surface area contributed by atoms with E-state index in [-0.39, 0.29) is 6.03 Å². The van der Waals surface area contributed by atoms with Crippen molar-refractivity contribution in [1.29, 1.82) is 0 Å². The number of aromatic amines is 1. The number of fused-ring (bicyclic) bond motifs is 1. The van der Waals surface area contributed by atoms with Gasteiger partial charge in [0.15, 0.2) is 0 Å². The molecular formula is C19H20N4O. The standard InChI is InChI=1S/C19H20N4O/c1-3-15(18-11-20-12-22-18)16-7-5-6-13-8-9-14(10-17(13)16)23-19(24)21-4-2/h3,5-12H,4H2,1-2H3,(H,20,22)(H2,21,23,24)/b15-3-. The Balaban J connectivity index is 2.06.